The summed E-state index contributed by atoms with van der Waals surface area (Å²) in [5.74, 6) is -3.68. The molecular formula is C47H58N12O8. The first-order valence-electron chi connectivity index (χ1n) is 21.6. The maximum absolute atomic E-state index is 14.7. The van der Waals surface area contributed by atoms with Crippen molar-refractivity contribution in [3.05, 3.63) is 88.2 Å². The van der Waals surface area contributed by atoms with Gasteiger partial charge in [0, 0.05) is 36.7 Å². The molecule has 2 heterocycles. The Labute approximate surface area is 388 Å². The molecule has 0 radical (unpaired) electrons. The molecule has 0 spiro atoms. The minimum atomic E-state index is -1.52. The van der Waals surface area contributed by atoms with Crippen molar-refractivity contribution in [3.63, 3.8) is 0 Å². The lowest BCUT2D eigenvalue weighted by atomic mass is 9.86. The third-order valence-electron chi connectivity index (χ3n) is 11.1. The molecule has 354 valence electrons. The highest BCUT2D eigenvalue weighted by Crippen LogP contribution is 2.43. The maximum atomic E-state index is 14.7. The number of primary amides is 1. The summed E-state index contributed by atoms with van der Waals surface area (Å²) in [6, 6.07) is 10.5. The van der Waals surface area contributed by atoms with Gasteiger partial charge in [-0.05, 0) is 80.1 Å². The average molecular weight is 919 g/mol. The average Bonchev–Trinajstić information content (AvgIpc) is 3.27. The maximum Gasteiger partial charge on any atom is 0.316 e. The second-order valence-corrected chi connectivity index (χ2v) is 17.2. The zero-order chi connectivity index (χ0) is 49.3. The van der Waals surface area contributed by atoms with Gasteiger partial charge >= 0.3 is 6.03 Å². The van der Waals surface area contributed by atoms with E-state index in [1.54, 1.807) is 13.8 Å². The van der Waals surface area contributed by atoms with E-state index in [0.717, 1.165) is 16.0 Å². The number of hydrogen-bond donors (Lipinski definition) is 9. The van der Waals surface area contributed by atoms with Gasteiger partial charge in [-0.1, -0.05) is 51.1 Å². The van der Waals surface area contributed by atoms with Crippen molar-refractivity contribution in [2.75, 3.05) is 38.6 Å². The number of nitrogens with two attached hydrogens (primary N) is 3. The molecule has 12 N–H and O–H groups in total. The monoisotopic (exact) mass is 918 g/mol. The third-order valence-corrected chi connectivity index (χ3v) is 11.1. The van der Waals surface area contributed by atoms with Gasteiger partial charge in [0.05, 0.1) is 28.7 Å². The first-order valence-corrected chi connectivity index (χ1v) is 21.6. The Balaban J connectivity index is 1.59. The van der Waals surface area contributed by atoms with Crippen molar-refractivity contribution in [1.82, 2.24) is 36.1 Å². The Bertz CT molecular complexity index is 2570. The van der Waals surface area contributed by atoms with Crippen LogP contribution in [0.1, 0.15) is 78.6 Å². The van der Waals surface area contributed by atoms with Gasteiger partial charge in [0.25, 0.3) is 5.91 Å². The summed E-state index contributed by atoms with van der Waals surface area (Å²) in [6.45, 7) is 10.7. The van der Waals surface area contributed by atoms with Gasteiger partial charge in [-0.15, -0.1) is 0 Å². The number of aryl methyl sites for hydroxylation is 2. The summed E-state index contributed by atoms with van der Waals surface area (Å²) in [4.78, 5) is 93.0. The molecule has 1 aliphatic heterocycles. The topological polar surface area (TPSA) is 323 Å². The zero-order valence-electron chi connectivity index (χ0n) is 38.6. The Hall–Kier alpha value is -7.63. The Kier molecular flexibility index (Phi) is 16.2. The van der Waals surface area contributed by atoms with Crippen molar-refractivity contribution in [3.8, 4) is 40.1 Å². The molecule has 20 heteroatoms. The van der Waals surface area contributed by atoms with Gasteiger partial charge < -0.3 is 58.5 Å². The van der Waals surface area contributed by atoms with E-state index < -0.39 is 65.5 Å². The van der Waals surface area contributed by atoms with Crippen LogP contribution in [0.3, 0.4) is 0 Å². The molecule has 20 nitrogen and oxygen atoms in total. The van der Waals surface area contributed by atoms with Gasteiger partial charge in [0.15, 0.2) is 5.82 Å². The molecule has 1 aromatic heterocycles. The number of nitriles is 1. The number of fused-ring (bicyclic) bond motifs is 5. The van der Waals surface area contributed by atoms with Crippen LogP contribution in [0.25, 0.3) is 22.5 Å². The van der Waals surface area contributed by atoms with Crippen molar-refractivity contribution in [1.29, 1.82) is 5.26 Å². The minimum Gasteiger partial charge on any atom is -0.505 e. The normalized spacial score (nSPS) is 16.5. The van der Waals surface area contributed by atoms with Gasteiger partial charge in [-0.25, -0.2) is 14.8 Å². The lowest BCUT2D eigenvalue weighted by Gasteiger charge is -2.32. The smallest absolute Gasteiger partial charge is 0.316 e. The number of likely N-dealkylation sites (N-methyl/N-ethyl adjacent to an activating group) is 1. The van der Waals surface area contributed by atoms with Crippen molar-refractivity contribution < 1.29 is 38.6 Å². The van der Waals surface area contributed by atoms with Gasteiger partial charge in [-0.3, -0.25) is 24.0 Å². The van der Waals surface area contributed by atoms with Crippen LogP contribution in [0, 0.1) is 25.2 Å². The summed E-state index contributed by atoms with van der Waals surface area (Å²) < 4.78 is 5.98. The fraction of sp³-hybridized carbons (Fsp3) is 0.383. The molecule has 1 unspecified atom stereocenters. The Morgan fingerprint density at radius 1 is 0.970 bits per heavy atom. The quantitative estimate of drug-likeness (QED) is 0.0686. The first-order chi connectivity index (χ1) is 31.7. The zero-order valence-corrected chi connectivity index (χ0v) is 38.6. The predicted octanol–water partition coefficient (Wildman–Crippen LogP) is 2.09. The van der Waals surface area contributed by atoms with Crippen molar-refractivity contribution in [2.45, 2.75) is 84.0 Å². The molecule has 5 rings (SSSR count). The molecule has 0 saturated carbocycles. The predicted molar refractivity (Wildman–Crippen MR) is 249 cm³/mol. The molecular weight excluding hydrogens is 861 g/mol. The lowest BCUT2D eigenvalue weighted by Crippen LogP contribution is -2.56. The van der Waals surface area contributed by atoms with Crippen LogP contribution in [-0.2, 0) is 31.0 Å². The highest BCUT2D eigenvalue weighted by Gasteiger charge is 2.37. The first kappa shape index (κ1) is 50.4. The SMILES string of the molecule is Cc1nc(-c2ccc(C(C)(C)C)cc2)nc(C)c1C(=O)NC(CCN)C(=O)N(C)[C@@H]1C(=O)N[C@@H](C)C(=O)N[C@H](C(=O)NCC#N)Cc2cc(NC(N)=O)c(O)c(c2)-c2cc1ccc2OCCN. The number of benzene rings is 3. The Morgan fingerprint density at radius 3 is 2.24 bits per heavy atom. The number of rotatable bonds is 13. The number of urea groups is 1. The highest BCUT2D eigenvalue weighted by atomic mass is 16.5. The summed E-state index contributed by atoms with van der Waals surface area (Å²) >= 11 is 0. The van der Waals surface area contributed by atoms with E-state index in [-0.39, 0.29) is 78.2 Å². The number of phenolic OH excluding ortho intramolecular Hbond substituents is 1. The van der Waals surface area contributed by atoms with E-state index in [1.807, 2.05) is 30.3 Å². The summed E-state index contributed by atoms with van der Waals surface area (Å²) in [5, 5.41) is 33.7. The number of phenols is 1. The number of nitrogens with one attached hydrogen (secondary N) is 5. The summed E-state index contributed by atoms with van der Waals surface area (Å²) in [6.07, 6.45) is -0.278. The molecule has 3 aromatic carbocycles. The molecule has 1 aliphatic rings. The fourth-order valence-electron chi connectivity index (χ4n) is 7.69. The molecule has 7 amide bonds. The van der Waals surface area contributed by atoms with Gasteiger partial charge in [-0.2, -0.15) is 5.26 Å². The van der Waals surface area contributed by atoms with Crippen molar-refractivity contribution >= 4 is 41.3 Å². The molecule has 4 atom stereocenters. The number of ether oxygens (including phenoxy) is 1. The van der Waals surface area contributed by atoms with Crippen LogP contribution in [-0.4, -0.2) is 107 Å². The third kappa shape index (κ3) is 12.0. The molecule has 0 fully saturated rings. The van der Waals surface area contributed by atoms with Gasteiger partial charge in [0.2, 0.25) is 23.6 Å². The molecule has 0 saturated heterocycles. The number of carbonyl (C=O) groups excluding carboxylic acids is 6. The lowest BCUT2D eigenvalue weighted by molar-refractivity contribution is -0.141. The number of nitrogens with zero attached hydrogens (tertiary/aromatic N) is 4. The van der Waals surface area contributed by atoms with E-state index in [0.29, 0.717) is 22.8 Å². The molecule has 0 aliphatic carbocycles. The number of aromatic nitrogens is 2. The standard InChI is InChI=1S/C47H58N12O8/c1-24-37(25(2)54-40(53-24)28-8-11-30(12-9-28)47(4,5)6)43(63)56-33(14-15-48)45(65)59(7)38-29-10-13-36(67-19-17-50)31(23-29)32-20-27(21-34(39(32)60)58-46(51)66)22-35(42(62)52-18-16-49)57-41(61)26(3)55-44(38)64/h8-13,20-21,23,26,33,35,38,60H,14-15,17-19,22,48,50H2,1-7H3,(H,52,62)(H,55,64)(H,56,63)(H,57,61)(H3,51,58,66)/t26-,33?,35-,38-/m0/s1. The second kappa shape index (κ2) is 21.6. The number of amides is 7. The van der Waals surface area contributed by atoms with E-state index in [4.69, 9.17) is 27.2 Å². The number of anilines is 1. The molecule has 4 aromatic rings. The van der Waals surface area contributed by atoms with Crippen LogP contribution in [0.5, 0.6) is 11.5 Å². The fourth-order valence-corrected chi connectivity index (χ4v) is 7.69. The number of aromatic hydroxyl groups is 1. The number of carbonyl (C=O) groups is 6. The molecule has 4 bridgehead atoms. The van der Waals surface area contributed by atoms with Gasteiger partial charge in [0.1, 0.15) is 48.8 Å². The summed E-state index contributed by atoms with van der Waals surface area (Å²) in [7, 11) is 1.34. The number of hydrogen-bond acceptors (Lipinski definition) is 13. The Morgan fingerprint density at radius 2 is 1.64 bits per heavy atom. The summed E-state index contributed by atoms with van der Waals surface area (Å²) in [5.41, 5.74) is 20.5. The van der Waals surface area contributed by atoms with Crippen LogP contribution in [0.15, 0.2) is 54.6 Å². The molecule has 67 heavy (non-hydrogen) atoms. The van der Waals surface area contributed by atoms with E-state index in [9.17, 15) is 33.9 Å². The van der Waals surface area contributed by atoms with Crippen LogP contribution >= 0.6 is 0 Å². The van der Waals surface area contributed by atoms with Crippen LogP contribution in [0.4, 0.5) is 10.5 Å². The minimum absolute atomic E-state index is 0.0178. The van der Waals surface area contributed by atoms with Crippen LogP contribution in [0.2, 0.25) is 0 Å². The largest absolute Gasteiger partial charge is 0.505 e. The van der Waals surface area contributed by atoms with Crippen molar-refractivity contribution in [2.24, 2.45) is 17.2 Å². The van der Waals surface area contributed by atoms with Crippen LogP contribution < -0.4 is 48.5 Å². The van der Waals surface area contributed by atoms with E-state index in [2.05, 4.69) is 57.3 Å². The highest BCUT2D eigenvalue weighted by molar-refractivity contribution is 6.01. The second-order valence-electron chi connectivity index (χ2n) is 17.2. The van der Waals surface area contributed by atoms with E-state index in [1.165, 1.54) is 44.3 Å². The van der Waals surface area contributed by atoms with E-state index >= 15 is 0 Å².